The fraction of sp³-hybridized carbons (Fsp3) is 0.462. The number of carbonyl (C=O) groups is 1. The molecule has 0 radical (unpaired) electrons. The van der Waals surface area contributed by atoms with Crippen molar-refractivity contribution in [3.63, 3.8) is 0 Å². The first-order valence-electron chi connectivity index (χ1n) is 5.99. The van der Waals surface area contributed by atoms with Gasteiger partial charge in [-0.2, -0.15) is 0 Å². The van der Waals surface area contributed by atoms with Gasteiger partial charge in [-0.3, -0.25) is 4.79 Å². The molecule has 0 aliphatic carbocycles. The monoisotopic (exact) mass is 250 g/mol. The lowest BCUT2D eigenvalue weighted by Gasteiger charge is -2.15. The minimum atomic E-state index is -0.640. The van der Waals surface area contributed by atoms with Gasteiger partial charge in [-0.1, -0.05) is 6.07 Å². The summed E-state index contributed by atoms with van der Waals surface area (Å²) in [4.78, 5) is 11.9. The van der Waals surface area contributed by atoms with Gasteiger partial charge in [0.05, 0.1) is 19.3 Å². The molecule has 0 fully saturated rings. The maximum absolute atomic E-state index is 11.9. The van der Waals surface area contributed by atoms with Crippen molar-refractivity contribution in [3.05, 3.63) is 34.9 Å². The van der Waals surface area contributed by atoms with E-state index < -0.39 is 12.1 Å². The molecule has 2 rings (SSSR count). The van der Waals surface area contributed by atoms with Gasteiger partial charge < -0.3 is 20.9 Å². The van der Waals surface area contributed by atoms with Gasteiger partial charge in [-0.25, -0.2) is 0 Å². The summed E-state index contributed by atoms with van der Waals surface area (Å²) in [7, 11) is 0. The lowest BCUT2D eigenvalue weighted by atomic mass is 10.1. The molecule has 1 aliphatic rings. The second-order valence-electron chi connectivity index (χ2n) is 4.59. The molecule has 1 aliphatic heterocycles. The predicted octanol–water partition coefficient (Wildman–Crippen LogP) is 0.155. The molecule has 1 amide bonds. The summed E-state index contributed by atoms with van der Waals surface area (Å²) >= 11 is 0. The van der Waals surface area contributed by atoms with Gasteiger partial charge in [0.15, 0.2) is 0 Å². The number of hydrogen-bond donors (Lipinski definition) is 3. The standard InChI is InChI=1S/C13H18N2O3/c1-8(16)12(14)5-15-13(17)9-2-3-10-6-18-7-11(10)4-9/h2-4,8,12,16H,5-7,14H2,1H3,(H,15,17). The van der Waals surface area contributed by atoms with E-state index >= 15 is 0 Å². The summed E-state index contributed by atoms with van der Waals surface area (Å²) in [5.74, 6) is -0.180. The Morgan fingerprint density at radius 3 is 2.94 bits per heavy atom. The number of hydrogen-bond acceptors (Lipinski definition) is 4. The number of ether oxygens (including phenoxy) is 1. The van der Waals surface area contributed by atoms with Crippen LogP contribution in [-0.4, -0.2) is 29.7 Å². The van der Waals surface area contributed by atoms with Crippen LogP contribution in [0.25, 0.3) is 0 Å². The van der Waals surface area contributed by atoms with E-state index in [9.17, 15) is 9.90 Å². The number of nitrogens with one attached hydrogen (secondary N) is 1. The minimum absolute atomic E-state index is 0.180. The average Bonchev–Trinajstić information content (AvgIpc) is 2.82. The zero-order valence-electron chi connectivity index (χ0n) is 10.3. The zero-order valence-corrected chi connectivity index (χ0v) is 10.3. The SMILES string of the molecule is CC(O)C(N)CNC(=O)c1ccc2c(c1)COC2. The van der Waals surface area contributed by atoms with Crippen molar-refractivity contribution in [2.24, 2.45) is 5.73 Å². The molecule has 2 atom stereocenters. The molecule has 0 spiro atoms. The van der Waals surface area contributed by atoms with Crippen LogP contribution in [0.3, 0.4) is 0 Å². The lowest BCUT2D eigenvalue weighted by molar-refractivity contribution is 0.0937. The van der Waals surface area contributed by atoms with Crippen LogP contribution in [0.4, 0.5) is 0 Å². The summed E-state index contributed by atoms with van der Waals surface area (Å²) in [6.45, 7) is 3.03. The molecule has 0 bridgehead atoms. The molecule has 98 valence electrons. The lowest BCUT2D eigenvalue weighted by Crippen LogP contribution is -2.43. The van der Waals surface area contributed by atoms with E-state index in [1.54, 1.807) is 13.0 Å². The zero-order chi connectivity index (χ0) is 13.1. The smallest absolute Gasteiger partial charge is 0.251 e. The van der Waals surface area contributed by atoms with Crippen LogP contribution in [0.2, 0.25) is 0 Å². The highest BCUT2D eigenvalue weighted by Gasteiger charge is 2.15. The van der Waals surface area contributed by atoms with Gasteiger partial charge >= 0.3 is 0 Å². The van der Waals surface area contributed by atoms with Crippen LogP contribution in [-0.2, 0) is 18.0 Å². The summed E-state index contributed by atoms with van der Waals surface area (Å²) in [5, 5.41) is 11.9. The normalized spacial score (nSPS) is 17.1. The van der Waals surface area contributed by atoms with Crippen LogP contribution < -0.4 is 11.1 Å². The third kappa shape index (κ3) is 2.87. The highest BCUT2D eigenvalue weighted by molar-refractivity contribution is 5.94. The fourth-order valence-electron chi connectivity index (χ4n) is 1.80. The fourth-order valence-corrected chi connectivity index (χ4v) is 1.80. The maximum atomic E-state index is 11.9. The van der Waals surface area contributed by atoms with Crippen LogP contribution in [0.1, 0.15) is 28.4 Å². The van der Waals surface area contributed by atoms with Crippen LogP contribution in [0.15, 0.2) is 18.2 Å². The van der Waals surface area contributed by atoms with Crippen molar-refractivity contribution in [2.75, 3.05) is 6.54 Å². The number of benzene rings is 1. The van der Waals surface area contributed by atoms with E-state index in [4.69, 9.17) is 10.5 Å². The Morgan fingerprint density at radius 2 is 2.22 bits per heavy atom. The minimum Gasteiger partial charge on any atom is -0.392 e. The molecule has 0 saturated heterocycles. The average molecular weight is 250 g/mol. The summed E-state index contributed by atoms with van der Waals surface area (Å²) in [6.07, 6.45) is -0.640. The molecular formula is C13H18N2O3. The van der Waals surface area contributed by atoms with Crippen molar-refractivity contribution in [1.29, 1.82) is 0 Å². The number of aliphatic hydroxyl groups is 1. The number of rotatable bonds is 4. The van der Waals surface area contributed by atoms with Gasteiger partial charge in [0.2, 0.25) is 0 Å². The Hall–Kier alpha value is -1.43. The molecule has 2 unspecified atom stereocenters. The number of nitrogens with two attached hydrogens (primary N) is 1. The van der Waals surface area contributed by atoms with Crippen LogP contribution >= 0.6 is 0 Å². The number of aliphatic hydroxyl groups excluding tert-OH is 1. The Morgan fingerprint density at radius 1 is 1.50 bits per heavy atom. The van der Waals surface area contributed by atoms with Gasteiger partial charge in [-0.15, -0.1) is 0 Å². The van der Waals surface area contributed by atoms with E-state index in [1.807, 2.05) is 12.1 Å². The van der Waals surface area contributed by atoms with Crippen molar-refractivity contribution in [3.8, 4) is 0 Å². The molecule has 5 nitrogen and oxygen atoms in total. The number of carbonyl (C=O) groups excluding carboxylic acids is 1. The van der Waals surface area contributed by atoms with Gasteiger partial charge in [-0.05, 0) is 30.2 Å². The van der Waals surface area contributed by atoms with Crippen molar-refractivity contribution in [2.45, 2.75) is 32.3 Å². The quantitative estimate of drug-likeness (QED) is 0.710. The summed E-state index contributed by atoms with van der Waals surface area (Å²) in [5.41, 5.74) is 8.43. The van der Waals surface area contributed by atoms with Gasteiger partial charge in [0.1, 0.15) is 0 Å². The highest BCUT2D eigenvalue weighted by Crippen LogP contribution is 2.20. The van der Waals surface area contributed by atoms with Gasteiger partial charge in [0, 0.05) is 18.2 Å². The molecule has 5 heteroatoms. The summed E-state index contributed by atoms with van der Waals surface area (Å²) in [6, 6.07) is 5.07. The Kier molecular flexibility index (Phi) is 3.96. The van der Waals surface area contributed by atoms with E-state index in [0.717, 1.165) is 11.1 Å². The number of amides is 1. The molecule has 1 heterocycles. The molecule has 4 N–H and O–H groups in total. The van der Waals surface area contributed by atoms with E-state index in [2.05, 4.69) is 5.32 Å². The van der Waals surface area contributed by atoms with Crippen LogP contribution in [0, 0.1) is 0 Å². The van der Waals surface area contributed by atoms with E-state index in [-0.39, 0.29) is 12.5 Å². The van der Waals surface area contributed by atoms with E-state index in [1.165, 1.54) is 0 Å². The molecule has 1 aromatic carbocycles. The molecule has 1 aromatic rings. The first-order valence-corrected chi connectivity index (χ1v) is 5.99. The van der Waals surface area contributed by atoms with Crippen molar-refractivity contribution >= 4 is 5.91 Å². The third-order valence-electron chi connectivity index (χ3n) is 3.10. The van der Waals surface area contributed by atoms with E-state index in [0.29, 0.717) is 18.8 Å². The van der Waals surface area contributed by atoms with Crippen LogP contribution in [0.5, 0.6) is 0 Å². The molecule has 0 saturated carbocycles. The highest BCUT2D eigenvalue weighted by atomic mass is 16.5. The Labute approximate surface area is 106 Å². The second kappa shape index (κ2) is 5.48. The van der Waals surface area contributed by atoms with Crippen molar-refractivity contribution < 1.29 is 14.6 Å². The molecule has 0 aromatic heterocycles. The molecular weight excluding hydrogens is 232 g/mol. The number of fused-ring (bicyclic) bond motifs is 1. The Bertz CT molecular complexity index is 446. The third-order valence-corrected chi connectivity index (χ3v) is 3.10. The predicted molar refractivity (Wildman–Crippen MR) is 66.9 cm³/mol. The summed E-state index contributed by atoms with van der Waals surface area (Å²) < 4.78 is 5.29. The Balaban J connectivity index is 1.97. The first-order chi connectivity index (χ1) is 8.58. The van der Waals surface area contributed by atoms with Gasteiger partial charge in [0.25, 0.3) is 5.91 Å². The van der Waals surface area contributed by atoms with Crippen molar-refractivity contribution in [1.82, 2.24) is 5.32 Å². The largest absolute Gasteiger partial charge is 0.392 e. The maximum Gasteiger partial charge on any atom is 0.251 e. The first kappa shape index (κ1) is 13.0. The second-order valence-corrected chi connectivity index (χ2v) is 4.59. The topological polar surface area (TPSA) is 84.6 Å². The molecule has 18 heavy (non-hydrogen) atoms.